The molecule has 0 aromatic heterocycles. The van der Waals surface area contributed by atoms with Gasteiger partial charge < -0.3 is 10.0 Å². The Kier molecular flexibility index (Phi) is 11.6. The monoisotopic (exact) mass is 522 g/mol. The minimum atomic E-state index is -0.598. The van der Waals surface area contributed by atoms with Gasteiger partial charge in [0.25, 0.3) is 0 Å². The molecule has 208 valence electrons. The van der Waals surface area contributed by atoms with Gasteiger partial charge in [-0.05, 0) is 100 Å². The molecule has 3 aliphatic rings. The highest BCUT2D eigenvalue weighted by molar-refractivity contribution is 5.74. The number of piperidine rings is 1. The summed E-state index contributed by atoms with van der Waals surface area (Å²) in [5, 5.41) is 9.91. The lowest BCUT2D eigenvalue weighted by atomic mass is 9.83. The summed E-state index contributed by atoms with van der Waals surface area (Å²) in [5.74, 6) is 1.04. The first kappa shape index (κ1) is 28.8. The fourth-order valence-electron chi connectivity index (χ4n) is 6.82. The molecule has 0 bridgehead atoms. The number of aryl methyl sites for hydroxylation is 1. The van der Waals surface area contributed by atoms with Gasteiger partial charge in [0.15, 0.2) is 0 Å². The highest BCUT2D eigenvalue weighted by atomic mass is 19.1. The fraction of sp³-hybridized carbons (Fsp3) is 0.606. The molecule has 5 heteroatoms. The maximum atomic E-state index is 13.0. The summed E-state index contributed by atoms with van der Waals surface area (Å²) in [5.41, 5.74) is 1.24. The highest BCUT2D eigenvalue weighted by Crippen LogP contribution is 2.32. The van der Waals surface area contributed by atoms with Gasteiger partial charge >= 0.3 is 5.97 Å². The second kappa shape index (κ2) is 15.4. The number of halogens is 1. The Balaban J connectivity index is 0.000000494. The number of nitrogens with zero attached hydrogens (tertiary/aromatic N) is 2. The second-order valence-electron chi connectivity index (χ2n) is 11.7. The van der Waals surface area contributed by atoms with E-state index in [1.165, 1.54) is 63.6 Å². The van der Waals surface area contributed by atoms with E-state index in [2.05, 4.69) is 9.80 Å². The fourth-order valence-corrected chi connectivity index (χ4v) is 6.82. The van der Waals surface area contributed by atoms with Gasteiger partial charge in [-0.1, -0.05) is 74.2 Å². The van der Waals surface area contributed by atoms with E-state index >= 15 is 0 Å². The average Bonchev–Trinajstić information content (AvgIpc) is 3.40. The van der Waals surface area contributed by atoms with Crippen LogP contribution in [0.25, 0.3) is 0 Å². The van der Waals surface area contributed by atoms with E-state index in [0.717, 1.165) is 51.2 Å². The molecule has 1 N–H and O–H groups in total. The van der Waals surface area contributed by atoms with Crippen molar-refractivity contribution in [1.29, 1.82) is 0 Å². The molecule has 0 radical (unpaired) electrons. The zero-order chi connectivity index (χ0) is 26.6. The quantitative estimate of drug-likeness (QED) is 0.389. The predicted molar refractivity (Wildman–Crippen MR) is 153 cm³/mol. The van der Waals surface area contributed by atoms with Crippen molar-refractivity contribution in [3.63, 3.8) is 0 Å². The molecule has 2 aliphatic heterocycles. The van der Waals surface area contributed by atoms with Gasteiger partial charge in [0.2, 0.25) is 0 Å². The predicted octanol–water partition coefficient (Wildman–Crippen LogP) is 6.90. The van der Waals surface area contributed by atoms with Gasteiger partial charge in [-0.3, -0.25) is 9.69 Å². The van der Waals surface area contributed by atoms with E-state index in [4.69, 9.17) is 0 Å². The first-order valence-corrected chi connectivity index (χ1v) is 15.0. The largest absolute Gasteiger partial charge is 0.480 e. The van der Waals surface area contributed by atoms with Crippen molar-refractivity contribution in [3.05, 3.63) is 72.0 Å². The van der Waals surface area contributed by atoms with E-state index in [9.17, 15) is 14.3 Å². The Labute approximate surface area is 229 Å². The average molecular weight is 523 g/mol. The molecule has 0 amide bonds. The number of carboxylic acid groups (broad SMARTS) is 1. The minimum absolute atomic E-state index is 0.154. The first-order chi connectivity index (χ1) is 18.6. The molecule has 1 saturated carbocycles. The molecule has 2 heterocycles. The maximum absolute atomic E-state index is 13.0. The maximum Gasteiger partial charge on any atom is 0.321 e. The number of benzene rings is 2. The molecule has 2 aromatic carbocycles. The van der Waals surface area contributed by atoms with Crippen LogP contribution in [0.15, 0.2) is 60.7 Å². The summed E-state index contributed by atoms with van der Waals surface area (Å²) in [6, 6.07) is 18.7. The topological polar surface area (TPSA) is 43.8 Å². The third-order valence-corrected chi connectivity index (χ3v) is 8.94. The molecule has 2 unspecified atom stereocenters. The van der Waals surface area contributed by atoms with E-state index in [0.29, 0.717) is 11.8 Å². The van der Waals surface area contributed by atoms with Crippen LogP contribution in [-0.4, -0.2) is 59.6 Å². The molecule has 0 spiro atoms. The van der Waals surface area contributed by atoms with Crippen molar-refractivity contribution in [3.8, 4) is 0 Å². The summed E-state index contributed by atoms with van der Waals surface area (Å²) in [4.78, 5) is 17.0. The number of hydrogen-bond donors (Lipinski definition) is 1. The van der Waals surface area contributed by atoms with E-state index < -0.39 is 5.97 Å². The molecule has 5 rings (SSSR count). The molecule has 3 fully saturated rings. The van der Waals surface area contributed by atoms with Crippen molar-refractivity contribution >= 4 is 5.97 Å². The third-order valence-electron chi connectivity index (χ3n) is 8.94. The molecule has 1 aliphatic carbocycles. The second-order valence-corrected chi connectivity index (χ2v) is 11.7. The summed E-state index contributed by atoms with van der Waals surface area (Å²) >= 11 is 0. The van der Waals surface area contributed by atoms with Gasteiger partial charge in [0, 0.05) is 13.1 Å². The lowest BCUT2D eigenvalue weighted by Gasteiger charge is -2.35. The van der Waals surface area contributed by atoms with Crippen LogP contribution in [0, 0.1) is 23.6 Å². The summed E-state index contributed by atoms with van der Waals surface area (Å²) in [6.07, 6.45) is 13.1. The summed E-state index contributed by atoms with van der Waals surface area (Å²) in [6.45, 7) is 5.42. The number of rotatable bonds is 9. The Hall–Kier alpha value is -2.24. The zero-order valence-corrected chi connectivity index (χ0v) is 23.0. The van der Waals surface area contributed by atoms with Crippen LogP contribution in [0.1, 0.15) is 69.8 Å². The van der Waals surface area contributed by atoms with Crippen molar-refractivity contribution in [2.75, 3.05) is 32.7 Å². The third kappa shape index (κ3) is 9.20. The number of likely N-dealkylation sites (tertiary alicyclic amines) is 2. The molecule has 4 nitrogen and oxygen atoms in total. The molecule has 2 saturated heterocycles. The normalized spacial score (nSPS) is 22.5. The van der Waals surface area contributed by atoms with Gasteiger partial charge in [-0.15, -0.1) is 0 Å². The van der Waals surface area contributed by atoms with E-state index in [-0.39, 0.29) is 11.9 Å². The van der Waals surface area contributed by atoms with E-state index in [1.807, 2.05) is 48.5 Å². The Morgan fingerprint density at radius 2 is 1.45 bits per heavy atom. The van der Waals surface area contributed by atoms with Gasteiger partial charge in [0.1, 0.15) is 11.9 Å². The minimum Gasteiger partial charge on any atom is -0.480 e. The lowest BCUT2D eigenvalue weighted by molar-refractivity contribution is -0.145. The van der Waals surface area contributed by atoms with Gasteiger partial charge in [-0.25, -0.2) is 4.39 Å². The number of carbonyl (C=O) groups is 1. The molecule has 38 heavy (non-hydrogen) atoms. The SMILES string of the molecule is O=C(O)C(C1CCCCC1)N1CCC(CN2CCC(CCCc3ccc(F)cc3)CC2)C1.c1ccccc1. The van der Waals surface area contributed by atoms with Crippen molar-refractivity contribution in [2.24, 2.45) is 17.8 Å². The molecule has 2 atom stereocenters. The van der Waals surface area contributed by atoms with Crippen LogP contribution in [0.3, 0.4) is 0 Å². The zero-order valence-electron chi connectivity index (χ0n) is 23.0. The van der Waals surface area contributed by atoms with Gasteiger partial charge in [-0.2, -0.15) is 0 Å². The van der Waals surface area contributed by atoms with Crippen molar-refractivity contribution in [1.82, 2.24) is 9.80 Å². The lowest BCUT2D eigenvalue weighted by Crippen LogP contribution is -2.46. The van der Waals surface area contributed by atoms with E-state index in [1.54, 1.807) is 12.1 Å². The van der Waals surface area contributed by atoms with Crippen LogP contribution >= 0.6 is 0 Å². The molecule has 2 aromatic rings. The Morgan fingerprint density at radius 1 is 0.842 bits per heavy atom. The number of hydrogen-bond acceptors (Lipinski definition) is 3. The molecular formula is C33H47FN2O2. The Morgan fingerprint density at radius 3 is 2.05 bits per heavy atom. The van der Waals surface area contributed by atoms with Crippen LogP contribution in [0.2, 0.25) is 0 Å². The van der Waals surface area contributed by atoms with Crippen LogP contribution in [0.4, 0.5) is 4.39 Å². The number of aliphatic carboxylic acids is 1. The summed E-state index contributed by atoms with van der Waals surface area (Å²) in [7, 11) is 0. The van der Waals surface area contributed by atoms with Crippen LogP contribution in [-0.2, 0) is 11.2 Å². The summed E-state index contributed by atoms with van der Waals surface area (Å²) < 4.78 is 13.0. The van der Waals surface area contributed by atoms with Crippen molar-refractivity contribution in [2.45, 2.75) is 76.7 Å². The standard InChI is InChI=1S/C27H41FN2O2.C6H6/c28-25-11-9-21(10-12-25)5-4-6-22-13-16-29(17-14-22)19-23-15-18-30(20-23)26(27(31)32)24-7-2-1-3-8-24;1-2-4-6-5-3-1/h9-12,22-24,26H,1-8,13-20H2,(H,31,32);1-6H. The molecular weight excluding hydrogens is 475 g/mol. The first-order valence-electron chi connectivity index (χ1n) is 15.0. The smallest absolute Gasteiger partial charge is 0.321 e. The van der Waals surface area contributed by atoms with Crippen molar-refractivity contribution < 1.29 is 14.3 Å². The number of carboxylic acids is 1. The Bertz CT molecular complexity index is 897. The van der Waals surface area contributed by atoms with Crippen LogP contribution in [0.5, 0.6) is 0 Å². The van der Waals surface area contributed by atoms with Crippen LogP contribution < -0.4 is 0 Å². The highest BCUT2D eigenvalue weighted by Gasteiger charge is 2.38. The van der Waals surface area contributed by atoms with Gasteiger partial charge in [0.05, 0.1) is 0 Å².